The van der Waals surface area contributed by atoms with Crippen molar-refractivity contribution in [3.05, 3.63) is 53.4 Å². The number of halogens is 1. The van der Waals surface area contributed by atoms with Gasteiger partial charge in [-0.05, 0) is 43.3 Å². The third-order valence-corrected chi connectivity index (χ3v) is 4.41. The number of hydrogen-bond donors (Lipinski definition) is 2. The monoisotopic (exact) mass is 429 g/mol. The lowest BCUT2D eigenvalue weighted by molar-refractivity contribution is 0.355. The molecule has 0 amide bonds. The second-order valence-corrected chi connectivity index (χ2v) is 6.66. The van der Waals surface area contributed by atoms with Crippen molar-refractivity contribution in [2.75, 3.05) is 32.6 Å². The van der Waals surface area contributed by atoms with Gasteiger partial charge in [-0.3, -0.25) is 4.99 Å². The van der Waals surface area contributed by atoms with Crippen LogP contribution in [0, 0.1) is 0 Å². The zero-order valence-corrected chi connectivity index (χ0v) is 17.9. The molecule has 0 saturated heterocycles. The third-order valence-electron chi connectivity index (χ3n) is 4.16. The number of guanidine groups is 1. The molecule has 158 valence electrons. The van der Waals surface area contributed by atoms with Crippen LogP contribution in [0.3, 0.4) is 0 Å². The van der Waals surface area contributed by atoms with Crippen LogP contribution >= 0.6 is 11.6 Å². The molecule has 0 spiro atoms. The Morgan fingerprint density at radius 1 is 1.10 bits per heavy atom. The van der Waals surface area contributed by atoms with Crippen LogP contribution in [0.1, 0.15) is 12.8 Å². The van der Waals surface area contributed by atoms with E-state index in [1.54, 1.807) is 26.4 Å². The van der Waals surface area contributed by atoms with Crippen LogP contribution in [0.15, 0.2) is 52.0 Å². The van der Waals surface area contributed by atoms with Gasteiger partial charge < -0.3 is 24.6 Å². The number of anilines is 1. The maximum absolute atomic E-state index is 5.91. The second-order valence-electron chi connectivity index (χ2n) is 6.22. The van der Waals surface area contributed by atoms with E-state index in [0.717, 1.165) is 17.8 Å². The summed E-state index contributed by atoms with van der Waals surface area (Å²) in [5.41, 5.74) is 1.68. The molecule has 2 N–H and O–H groups in total. The van der Waals surface area contributed by atoms with Crippen molar-refractivity contribution in [3.8, 4) is 22.9 Å². The van der Waals surface area contributed by atoms with Crippen molar-refractivity contribution in [2.24, 2.45) is 4.99 Å². The molecule has 0 aliphatic heterocycles. The average Bonchev–Trinajstić information content (AvgIpc) is 3.23. The third kappa shape index (κ3) is 5.64. The Morgan fingerprint density at radius 2 is 1.87 bits per heavy atom. The van der Waals surface area contributed by atoms with Crippen LogP contribution in [-0.2, 0) is 6.42 Å². The molecule has 1 heterocycles. The standard InChI is InChI=1S/C21H24ClN5O3/c1-4-23-21(25-16-9-10-17(28-2)18(13-16)29-3)24-12-11-19-26-20(27-30-19)14-5-7-15(22)8-6-14/h5-10,13H,4,11-12H2,1-3H3,(H2,23,24,25). The lowest BCUT2D eigenvalue weighted by atomic mass is 10.2. The number of nitrogens with zero attached hydrogens (tertiary/aromatic N) is 3. The number of aliphatic imine (C=N–C) groups is 1. The van der Waals surface area contributed by atoms with Crippen molar-refractivity contribution >= 4 is 23.2 Å². The minimum atomic E-state index is 0.477. The van der Waals surface area contributed by atoms with E-state index in [9.17, 15) is 0 Å². The molecule has 0 radical (unpaired) electrons. The van der Waals surface area contributed by atoms with Crippen LogP contribution in [0.25, 0.3) is 11.4 Å². The molecule has 3 aromatic rings. The number of methoxy groups -OCH3 is 2. The van der Waals surface area contributed by atoms with E-state index in [0.29, 0.717) is 47.2 Å². The van der Waals surface area contributed by atoms with Gasteiger partial charge in [0.2, 0.25) is 11.7 Å². The molecule has 30 heavy (non-hydrogen) atoms. The molecule has 1 aromatic heterocycles. The smallest absolute Gasteiger partial charge is 0.228 e. The summed E-state index contributed by atoms with van der Waals surface area (Å²) in [6.45, 7) is 3.20. The first-order valence-electron chi connectivity index (χ1n) is 9.48. The predicted molar refractivity (Wildman–Crippen MR) is 118 cm³/mol. The molecule has 0 aliphatic carbocycles. The molecule has 0 saturated carbocycles. The fourth-order valence-electron chi connectivity index (χ4n) is 2.69. The summed E-state index contributed by atoms with van der Waals surface area (Å²) < 4.78 is 15.9. The molecule has 0 unspecified atom stereocenters. The summed E-state index contributed by atoms with van der Waals surface area (Å²) in [5.74, 6) is 2.99. The first-order valence-corrected chi connectivity index (χ1v) is 9.86. The summed E-state index contributed by atoms with van der Waals surface area (Å²) in [5, 5.41) is 11.1. The Hall–Kier alpha value is -3.26. The average molecular weight is 430 g/mol. The van der Waals surface area contributed by atoms with Crippen LogP contribution in [0.5, 0.6) is 11.5 Å². The highest BCUT2D eigenvalue weighted by molar-refractivity contribution is 6.30. The maximum Gasteiger partial charge on any atom is 0.228 e. The lowest BCUT2D eigenvalue weighted by Gasteiger charge is -2.13. The molecule has 3 rings (SSSR count). The van der Waals surface area contributed by atoms with Gasteiger partial charge in [0.15, 0.2) is 17.5 Å². The van der Waals surface area contributed by atoms with Gasteiger partial charge in [-0.15, -0.1) is 0 Å². The number of rotatable bonds is 8. The van der Waals surface area contributed by atoms with Crippen LogP contribution < -0.4 is 20.1 Å². The topological polar surface area (TPSA) is 93.8 Å². The summed E-state index contributed by atoms with van der Waals surface area (Å²) in [6, 6.07) is 12.9. The zero-order chi connectivity index (χ0) is 21.3. The van der Waals surface area contributed by atoms with Gasteiger partial charge in [-0.2, -0.15) is 4.98 Å². The van der Waals surface area contributed by atoms with Crippen molar-refractivity contribution in [3.63, 3.8) is 0 Å². The van der Waals surface area contributed by atoms with E-state index < -0.39 is 0 Å². The Kier molecular flexibility index (Phi) is 7.51. The van der Waals surface area contributed by atoms with Gasteiger partial charge in [0, 0.05) is 35.3 Å². The summed E-state index contributed by atoms with van der Waals surface area (Å²) >= 11 is 5.91. The van der Waals surface area contributed by atoms with Gasteiger partial charge >= 0.3 is 0 Å². The minimum absolute atomic E-state index is 0.477. The quantitative estimate of drug-likeness (QED) is 0.412. The number of hydrogen-bond acceptors (Lipinski definition) is 6. The highest BCUT2D eigenvalue weighted by atomic mass is 35.5. The number of benzene rings is 2. The molecule has 0 fully saturated rings. The Morgan fingerprint density at radius 3 is 2.57 bits per heavy atom. The molecular weight excluding hydrogens is 406 g/mol. The fourth-order valence-corrected chi connectivity index (χ4v) is 2.82. The predicted octanol–water partition coefficient (Wildman–Crippen LogP) is 4.03. The van der Waals surface area contributed by atoms with Crippen LogP contribution in [-0.4, -0.2) is 43.4 Å². The molecule has 8 nitrogen and oxygen atoms in total. The van der Waals surface area contributed by atoms with Crippen molar-refractivity contribution in [2.45, 2.75) is 13.3 Å². The first-order chi connectivity index (χ1) is 14.6. The van der Waals surface area contributed by atoms with E-state index in [1.165, 1.54) is 0 Å². The van der Waals surface area contributed by atoms with Gasteiger partial charge in [-0.1, -0.05) is 16.8 Å². The van der Waals surface area contributed by atoms with Crippen LogP contribution in [0.4, 0.5) is 5.69 Å². The molecule has 2 aromatic carbocycles. The lowest BCUT2D eigenvalue weighted by Crippen LogP contribution is -2.30. The van der Waals surface area contributed by atoms with Crippen LogP contribution in [0.2, 0.25) is 5.02 Å². The summed E-state index contributed by atoms with van der Waals surface area (Å²) in [7, 11) is 3.20. The highest BCUT2D eigenvalue weighted by Gasteiger charge is 2.09. The second kappa shape index (κ2) is 10.5. The van der Waals surface area contributed by atoms with Gasteiger partial charge in [-0.25, -0.2) is 0 Å². The van der Waals surface area contributed by atoms with Gasteiger partial charge in [0.05, 0.1) is 20.8 Å². The molecule has 0 aliphatic rings. The van der Waals surface area contributed by atoms with E-state index in [-0.39, 0.29) is 0 Å². The fraction of sp³-hybridized carbons (Fsp3) is 0.286. The number of ether oxygens (including phenoxy) is 2. The van der Waals surface area contributed by atoms with E-state index in [2.05, 4.69) is 25.8 Å². The Labute approximate surface area is 180 Å². The summed E-state index contributed by atoms with van der Waals surface area (Å²) in [4.78, 5) is 8.99. The van der Waals surface area contributed by atoms with E-state index >= 15 is 0 Å². The molecule has 0 bridgehead atoms. The zero-order valence-electron chi connectivity index (χ0n) is 17.1. The largest absolute Gasteiger partial charge is 0.493 e. The van der Waals surface area contributed by atoms with E-state index in [4.69, 9.17) is 25.6 Å². The minimum Gasteiger partial charge on any atom is -0.493 e. The molecular formula is C21H24ClN5O3. The Balaban J connectivity index is 1.63. The van der Waals surface area contributed by atoms with Gasteiger partial charge in [0.25, 0.3) is 0 Å². The number of aromatic nitrogens is 2. The van der Waals surface area contributed by atoms with Crippen molar-refractivity contribution < 1.29 is 14.0 Å². The van der Waals surface area contributed by atoms with E-state index in [1.807, 2.05) is 37.3 Å². The first kappa shape index (κ1) is 21.4. The van der Waals surface area contributed by atoms with Crippen molar-refractivity contribution in [1.29, 1.82) is 0 Å². The molecule has 0 atom stereocenters. The summed E-state index contributed by atoms with van der Waals surface area (Å²) in [6.07, 6.45) is 0.517. The van der Waals surface area contributed by atoms with Gasteiger partial charge in [0.1, 0.15) is 0 Å². The molecule has 9 heteroatoms. The maximum atomic E-state index is 5.91. The highest BCUT2D eigenvalue weighted by Crippen LogP contribution is 2.29. The normalized spacial score (nSPS) is 11.3. The van der Waals surface area contributed by atoms with Crippen molar-refractivity contribution in [1.82, 2.24) is 15.5 Å². The Bertz CT molecular complexity index is 989. The SMILES string of the molecule is CCNC(=NCCc1nc(-c2ccc(Cl)cc2)no1)Nc1ccc(OC)c(OC)c1. The number of nitrogens with one attached hydrogen (secondary N) is 2.